The molecule has 0 aliphatic carbocycles. The molecule has 1 fully saturated rings. The minimum atomic E-state index is -0.717. The van der Waals surface area contributed by atoms with Gasteiger partial charge in [-0.1, -0.05) is 30.3 Å². The zero-order valence-electron chi connectivity index (χ0n) is 16.6. The third-order valence-corrected chi connectivity index (χ3v) is 5.47. The Morgan fingerprint density at radius 2 is 1.97 bits per heavy atom. The van der Waals surface area contributed by atoms with Crippen molar-refractivity contribution in [1.82, 2.24) is 25.0 Å². The monoisotopic (exact) mass is 395 g/mol. The number of amides is 2. The van der Waals surface area contributed by atoms with E-state index in [0.29, 0.717) is 43.4 Å². The Morgan fingerprint density at radius 3 is 2.55 bits per heavy atom. The highest BCUT2D eigenvalue weighted by Crippen LogP contribution is 2.30. The Bertz CT molecular complexity index is 956. The number of carbonyl (C=O) groups is 2. The fourth-order valence-corrected chi connectivity index (χ4v) is 3.89. The van der Waals surface area contributed by atoms with Crippen molar-refractivity contribution < 1.29 is 9.59 Å². The topological polar surface area (TPSA) is 118 Å². The van der Waals surface area contributed by atoms with Gasteiger partial charge in [-0.05, 0) is 26.7 Å². The first kappa shape index (κ1) is 19.3. The summed E-state index contributed by atoms with van der Waals surface area (Å²) in [6, 6.07) is 9.25. The number of piperidine rings is 1. The van der Waals surface area contributed by atoms with Crippen LogP contribution in [0.5, 0.6) is 0 Å². The molecule has 1 aromatic carbocycles. The van der Waals surface area contributed by atoms with Crippen molar-refractivity contribution in [3.8, 4) is 11.4 Å². The van der Waals surface area contributed by atoms with Gasteiger partial charge < -0.3 is 16.0 Å². The summed E-state index contributed by atoms with van der Waals surface area (Å²) in [5, 5.41) is 7.29. The molecule has 0 saturated carbocycles. The number of benzene rings is 1. The van der Waals surface area contributed by atoms with Gasteiger partial charge in [0.15, 0.2) is 5.82 Å². The number of nitrogens with one attached hydrogen (secondary N) is 1. The molecule has 2 aliphatic rings. The molecule has 2 aromatic rings. The average Bonchev–Trinajstić information content (AvgIpc) is 3.24. The van der Waals surface area contributed by atoms with Crippen LogP contribution in [-0.2, 0) is 16.1 Å². The molecule has 3 heterocycles. The number of hydrogen-bond donors (Lipinski definition) is 2. The Labute approximate surface area is 169 Å². The van der Waals surface area contributed by atoms with Crippen LogP contribution in [0.15, 0.2) is 35.3 Å². The summed E-state index contributed by atoms with van der Waals surface area (Å²) in [7, 11) is 0. The molecule has 2 aliphatic heterocycles. The van der Waals surface area contributed by atoms with Gasteiger partial charge in [-0.15, -0.1) is 0 Å². The fourth-order valence-electron chi connectivity index (χ4n) is 3.89. The lowest BCUT2D eigenvalue weighted by Crippen LogP contribution is -2.51. The fraction of sp³-hybridized carbons (Fsp3) is 0.450. The Hall–Kier alpha value is -3.07. The highest BCUT2D eigenvalue weighted by Gasteiger charge is 2.45. The predicted octanol–water partition coefficient (Wildman–Crippen LogP) is 0.874. The van der Waals surface area contributed by atoms with Gasteiger partial charge in [0.2, 0.25) is 5.91 Å². The zero-order valence-corrected chi connectivity index (χ0v) is 16.6. The lowest BCUT2D eigenvalue weighted by atomic mass is 9.88. The first-order valence-corrected chi connectivity index (χ1v) is 9.79. The molecule has 9 heteroatoms. The molecule has 0 unspecified atom stereocenters. The van der Waals surface area contributed by atoms with Crippen molar-refractivity contribution in [1.29, 1.82) is 0 Å². The number of rotatable bonds is 4. The summed E-state index contributed by atoms with van der Waals surface area (Å²) < 4.78 is 1.59. The van der Waals surface area contributed by atoms with Crippen LogP contribution in [0.3, 0.4) is 0 Å². The van der Waals surface area contributed by atoms with Crippen LogP contribution in [0.25, 0.3) is 11.4 Å². The molecule has 152 valence electrons. The van der Waals surface area contributed by atoms with Gasteiger partial charge in [-0.3, -0.25) is 14.6 Å². The van der Waals surface area contributed by atoms with Gasteiger partial charge in [-0.25, -0.2) is 9.67 Å². The summed E-state index contributed by atoms with van der Waals surface area (Å²) in [6.07, 6.45) is 1.05. The van der Waals surface area contributed by atoms with Crippen molar-refractivity contribution in [2.45, 2.75) is 44.8 Å². The Balaban J connectivity index is 1.48. The summed E-state index contributed by atoms with van der Waals surface area (Å²) >= 11 is 0. The van der Waals surface area contributed by atoms with Crippen LogP contribution in [0, 0.1) is 0 Å². The lowest BCUT2D eigenvalue weighted by Gasteiger charge is -2.35. The van der Waals surface area contributed by atoms with E-state index in [-0.39, 0.29) is 24.4 Å². The largest absolute Gasteiger partial charge is 0.341 e. The van der Waals surface area contributed by atoms with E-state index in [4.69, 9.17) is 5.73 Å². The number of likely N-dealkylation sites (tertiary alicyclic amines) is 1. The van der Waals surface area contributed by atoms with Gasteiger partial charge in [-0.2, -0.15) is 5.10 Å². The average molecular weight is 395 g/mol. The van der Waals surface area contributed by atoms with E-state index in [2.05, 4.69) is 20.4 Å². The SMILES string of the molecule is CC1=NC2(CCN(C(=O)Cn3nc(-c4ccccc4)nc3[C@H](C)N)CC2)C(=O)N1. The first-order valence-electron chi connectivity index (χ1n) is 9.79. The van der Waals surface area contributed by atoms with Crippen LogP contribution in [-0.4, -0.2) is 55.9 Å². The van der Waals surface area contributed by atoms with E-state index in [1.807, 2.05) is 37.3 Å². The summed E-state index contributed by atoms with van der Waals surface area (Å²) in [5.74, 6) is 1.64. The van der Waals surface area contributed by atoms with Gasteiger partial charge in [0.05, 0.1) is 6.04 Å². The molecular formula is C20H25N7O2. The second-order valence-electron chi connectivity index (χ2n) is 7.67. The Morgan fingerprint density at radius 1 is 1.28 bits per heavy atom. The van der Waals surface area contributed by atoms with Crippen LogP contribution in [0.1, 0.15) is 38.6 Å². The minimum absolute atomic E-state index is 0.0645. The molecule has 2 amide bonds. The highest BCUT2D eigenvalue weighted by atomic mass is 16.2. The maximum Gasteiger partial charge on any atom is 0.253 e. The molecule has 4 rings (SSSR count). The first-order chi connectivity index (χ1) is 13.9. The zero-order chi connectivity index (χ0) is 20.6. The van der Waals surface area contributed by atoms with E-state index in [0.717, 1.165) is 5.56 Å². The third kappa shape index (κ3) is 3.65. The molecule has 29 heavy (non-hydrogen) atoms. The van der Waals surface area contributed by atoms with Crippen LogP contribution in [0.2, 0.25) is 0 Å². The van der Waals surface area contributed by atoms with E-state index in [9.17, 15) is 9.59 Å². The quantitative estimate of drug-likeness (QED) is 0.796. The van der Waals surface area contributed by atoms with Crippen LogP contribution in [0.4, 0.5) is 0 Å². The van der Waals surface area contributed by atoms with Gasteiger partial charge in [0.25, 0.3) is 5.91 Å². The van der Waals surface area contributed by atoms with Gasteiger partial charge in [0, 0.05) is 18.7 Å². The van der Waals surface area contributed by atoms with Crippen LogP contribution >= 0.6 is 0 Å². The number of aromatic nitrogens is 3. The predicted molar refractivity (Wildman–Crippen MR) is 108 cm³/mol. The summed E-state index contributed by atoms with van der Waals surface area (Å²) in [6.45, 7) is 4.64. The van der Waals surface area contributed by atoms with E-state index >= 15 is 0 Å². The van der Waals surface area contributed by atoms with Crippen molar-refractivity contribution in [2.24, 2.45) is 10.7 Å². The normalized spacial score (nSPS) is 19.2. The van der Waals surface area contributed by atoms with E-state index in [1.165, 1.54) is 0 Å². The molecule has 0 bridgehead atoms. The molecule has 1 saturated heterocycles. The molecule has 0 radical (unpaired) electrons. The maximum absolute atomic E-state index is 12.9. The van der Waals surface area contributed by atoms with Crippen molar-refractivity contribution in [3.63, 3.8) is 0 Å². The van der Waals surface area contributed by atoms with Gasteiger partial charge in [0.1, 0.15) is 23.7 Å². The second kappa shape index (κ2) is 7.40. The van der Waals surface area contributed by atoms with E-state index < -0.39 is 5.54 Å². The van der Waals surface area contributed by atoms with Crippen molar-refractivity contribution in [2.75, 3.05) is 13.1 Å². The molecular weight excluding hydrogens is 370 g/mol. The van der Waals surface area contributed by atoms with Crippen molar-refractivity contribution in [3.05, 3.63) is 36.2 Å². The number of aliphatic imine (C=N–C) groups is 1. The molecule has 9 nitrogen and oxygen atoms in total. The molecule has 1 aromatic heterocycles. The molecule has 3 N–H and O–H groups in total. The number of hydrogen-bond acceptors (Lipinski definition) is 6. The molecule has 1 atom stereocenters. The summed E-state index contributed by atoms with van der Waals surface area (Å²) in [5.41, 5.74) is 6.22. The number of nitrogens with two attached hydrogens (primary N) is 1. The van der Waals surface area contributed by atoms with E-state index in [1.54, 1.807) is 16.5 Å². The second-order valence-corrected chi connectivity index (χ2v) is 7.67. The minimum Gasteiger partial charge on any atom is -0.341 e. The third-order valence-electron chi connectivity index (χ3n) is 5.47. The summed E-state index contributed by atoms with van der Waals surface area (Å²) in [4.78, 5) is 35.9. The maximum atomic E-state index is 12.9. The number of amidine groups is 1. The number of nitrogens with zero attached hydrogens (tertiary/aromatic N) is 5. The van der Waals surface area contributed by atoms with Crippen molar-refractivity contribution >= 4 is 17.6 Å². The van der Waals surface area contributed by atoms with Gasteiger partial charge >= 0.3 is 0 Å². The van der Waals surface area contributed by atoms with Crippen LogP contribution < -0.4 is 11.1 Å². The standard InChI is InChI=1S/C20H25N7O2/c1-13(21)18-23-17(15-6-4-3-5-7-15)25-27(18)12-16(28)26-10-8-20(9-11-26)19(29)22-14(2)24-20/h3-7,13H,8-12,21H2,1-2H3,(H,22,24,29)/t13-/m0/s1. The highest BCUT2D eigenvalue weighted by molar-refractivity contribution is 6.07. The smallest absolute Gasteiger partial charge is 0.253 e. The number of carbonyl (C=O) groups excluding carboxylic acids is 2. The lowest BCUT2D eigenvalue weighted by molar-refractivity contribution is -0.136. The Kier molecular flexibility index (Phi) is 4.91. The molecule has 1 spiro atoms.